The molecule has 1 aromatic rings. The molecule has 0 radical (unpaired) electrons. The number of hydrogen-bond donors (Lipinski definition) is 0. The third-order valence-electron chi connectivity index (χ3n) is 5.70. The smallest absolute Gasteiger partial charge is 0.231 e. The van der Waals surface area contributed by atoms with Crippen molar-refractivity contribution in [2.24, 2.45) is 5.41 Å². The van der Waals surface area contributed by atoms with Gasteiger partial charge in [-0.25, -0.2) is 0 Å². The molecule has 5 heteroatoms. The molecule has 0 aromatic heterocycles. The van der Waals surface area contributed by atoms with E-state index < -0.39 is 0 Å². The Hall–Kier alpha value is -2.27. The van der Waals surface area contributed by atoms with Gasteiger partial charge in [0, 0.05) is 24.6 Å². The molecule has 1 aromatic carbocycles. The molecule has 1 atom stereocenters. The van der Waals surface area contributed by atoms with Crippen LogP contribution in [0.2, 0.25) is 0 Å². The second-order valence-electron chi connectivity index (χ2n) is 8.94. The van der Waals surface area contributed by atoms with E-state index in [4.69, 9.17) is 14.2 Å². The number of likely N-dealkylation sites (N-methyl/N-ethyl adjacent to an activating group) is 1. The molecule has 0 bridgehead atoms. The van der Waals surface area contributed by atoms with Crippen LogP contribution in [0.1, 0.15) is 57.7 Å². The summed E-state index contributed by atoms with van der Waals surface area (Å²) < 4.78 is 16.9. The van der Waals surface area contributed by atoms with E-state index in [1.165, 1.54) is 11.1 Å². The van der Waals surface area contributed by atoms with Gasteiger partial charge in [0.25, 0.3) is 0 Å². The van der Waals surface area contributed by atoms with E-state index in [9.17, 15) is 4.79 Å². The molecule has 0 amide bonds. The number of hydrogen-bond acceptors (Lipinski definition) is 5. The summed E-state index contributed by atoms with van der Waals surface area (Å²) in [5.74, 6) is 2.21. The predicted molar refractivity (Wildman–Crippen MR) is 115 cm³/mol. The second-order valence-corrected chi connectivity index (χ2v) is 8.94. The lowest BCUT2D eigenvalue weighted by atomic mass is 9.86. The van der Waals surface area contributed by atoms with Crippen LogP contribution in [-0.4, -0.2) is 38.2 Å². The molecule has 29 heavy (non-hydrogen) atoms. The Morgan fingerprint density at radius 1 is 1.34 bits per heavy atom. The van der Waals surface area contributed by atoms with Gasteiger partial charge in [-0.05, 0) is 56.9 Å². The highest BCUT2D eigenvalue weighted by molar-refractivity contribution is 5.90. The van der Waals surface area contributed by atoms with Gasteiger partial charge in [-0.2, -0.15) is 0 Å². The lowest BCUT2D eigenvalue weighted by Gasteiger charge is -2.35. The molecule has 2 heterocycles. The fourth-order valence-corrected chi connectivity index (χ4v) is 3.90. The topological polar surface area (TPSA) is 48.0 Å². The van der Waals surface area contributed by atoms with E-state index in [1.54, 1.807) is 13.2 Å². The van der Waals surface area contributed by atoms with Gasteiger partial charge in [0.05, 0.1) is 7.11 Å². The van der Waals surface area contributed by atoms with Crippen LogP contribution in [0.15, 0.2) is 29.9 Å². The van der Waals surface area contributed by atoms with Gasteiger partial charge in [0.15, 0.2) is 17.3 Å². The molecule has 0 saturated carbocycles. The monoisotopic (exact) mass is 399 g/mol. The highest BCUT2D eigenvalue weighted by atomic mass is 16.7. The summed E-state index contributed by atoms with van der Waals surface area (Å²) in [5, 5.41) is 0. The molecule has 2 aliphatic rings. The summed E-state index contributed by atoms with van der Waals surface area (Å²) >= 11 is 0. The van der Waals surface area contributed by atoms with Crippen LogP contribution < -0.4 is 14.2 Å². The molecule has 0 saturated heterocycles. The standard InChI is InChI=1S/C24H33NO4/c1-16(2)7-10-24(3,4)11-8-18(26)14-19-21-17(9-12-25(19)5)13-20-22(23(21)27-6)29-15-28-20/h7-8,11,13,19H,9-10,12,14-15H2,1-6H3/b11-8+. The maximum absolute atomic E-state index is 12.9. The van der Waals surface area contributed by atoms with Crippen molar-refractivity contribution in [3.05, 3.63) is 41.0 Å². The number of carbonyl (C=O) groups is 1. The fraction of sp³-hybridized carbons (Fsp3) is 0.542. The first kappa shape index (κ1) is 21.4. The molecule has 0 N–H and O–H groups in total. The van der Waals surface area contributed by atoms with E-state index in [0.29, 0.717) is 17.9 Å². The molecule has 0 aliphatic carbocycles. The molecular formula is C24H33NO4. The Labute approximate surface area is 174 Å². The van der Waals surface area contributed by atoms with E-state index in [-0.39, 0.29) is 24.0 Å². The Morgan fingerprint density at radius 3 is 2.79 bits per heavy atom. The maximum Gasteiger partial charge on any atom is 0.231 e. The van der Waals surface area contributed by atoms with Crippen LogP contribution in [-0.2, 0) is 11.2 Å². The summed E-state index contributed by atoms with van der Waals surface area (Å²) in [6.07, 6.45) is 8.23. The van der Waals surface area contributed by atoms with Crippen molar-refractivity contribution in [3.8, 4) is 17.2 Å². The van der Waals surface area contributed by atoms with Crippen molar-refractivity contribution in [1.82, 2.24) is 4.90 Å². The van der Waals surface area contributed by atoms with E-state index in [0.717, 1.165) is 30.7 Å². The quantitative estimate of drug-likeness (QED) is 0.484. The normalized spacial score (nSPS) is 18.6. The minimum absolute atomic E-state index is 0.0405. The van der Waals surface area contributed by atoms with Crippen LogP contribution in [0.4, 0.5) is 0 Å². The zero-order valence-corrected chi connectivity index (χ0v) is 18.5. The predicted octanol–water partition coefficient (Wildman–Crippen LogP) is 4.85. The molecule has 2 aliphatic heterocycles. The van der Waals surface area contributed by atoms with Gasteiger partial charge in [-0.3, -0.25) is 9.69 Å². The van der Waals surface area contributed by atoms with Gasteiger partial charge in [-0.15, -0.1) is 0 Å². The molecule has 3 rings (SSSR count). The Morgan fingerprint density at radius 2 is 2.10 bits per heavy atom. The van der Waals surface area contributed by atoms with Gasteiger partial charge in [-0.1, -0.05) is 31.6 Å². The number of allylic oxidation sites excluding steroid dienone is 4. The van der Waals surface area contributed by atoms with Crippen molar-refractivity contribution in [2.75, 3.05) is 27.5 Å². The minimum Gasteiger partial charge on any atom is -0.492 e. The minimum atomic E-state index is -0.0486. The summed E-state index contributed by atoms with van der Waals surface area (Å²) in [5.41, 5.74) is 3.47. The highest BCUT2D eigenvalue weighted by Crippen LogP contribution is 2.50. The average molecular weight is 400 g/mol. The molecule has 0 spiro atoms. The summed E-state index contributed by atoms with van der Waals surface area (Å²) in [6.45, 7) is 9.60. The van der Waals surface area contributed by atoms with E-state index >= 15 is 0 Å². The summed E-state index contributed by atoms with van der Waals surface area (Å²) in [4.78, 5) is 15.1. The number of ether oxygens (including phenoxy) is 3. The number of methoxy groups -OCH3 is 1. The SMILES string of the molecule is COc1c2c(cc3c1C(CC(=O)/C=C/C(C)(C)CC=C(C)C)N(C)CC3)OCO2. The molecule has 5 nitrogen and oxygen atoms in total. The van der Waals surface area contributed by atoms with Crippen molar-refractivity contribution in [3.63, 3.8) is 0 Å². The largest absolute Gasteiger partial charge is 0.492 e. The van der Waals surface area contributed by atoms with Gasteiger partial charge in [0.2, 0.25) is 12.5 Å². The molecule has 0 fully saturated rings. The van der Waals surface area contributed by atoms with Crippen LogP contribution in [0, 0.1) is 5.41 Å². The van der Waals surface area contributed by atoms with E-state index in [1.807, 2.05) is 12.1 Å². The molecule has 158 valence electrons. The number of nitrogens with zero attached hydrogens (tertiary/aromatic N) is 1. The summed E-state index contributed by atoms with van der Waals surface area (Å²) in [7, 11) is 3.71. The lowest BCUT2D eigenvalue weighted by Crippen LogP contribution is -2.33. The Balaban J connectivity index is 1.82. The summed E-state index contributed by atoms with van der Waals surface area (Å²) in [6, 6.07) is 2.00. The third kappa shape index (κ3) is 4.84. The van der Waals surface area contributed by atoms with Crippen molar-refractivity contribution in [2.45, 2.75) is 53.0 Å². The number of fused-ring (bicyclic) bond motifs is 2. The zero-order chi connectivity index (χ0) is 21.2. The van der Waals surface area contributed by atoms with E-state index in [2.05, 4.69) is 45.7 Å². The van der Waals surface area contributed by atoms with Gasteiger partial charge < -0.3 is 14.2 Å². The van der Waals surface area contributed by atoms with Gasteiger partial charge >= 0.3 is 0 Å². The molecule has 1 unspecified atom stereocenters. The second kappa shape index (κ2) is 8.62. The van der Waals surface area contributed by atoms with Crippen molar-refractivity contribution >= 4 is 5.78 Å². The number of rotatable bonds is 7. The average Bonchev–Trinajstić information content (AvgIpc) is 3.14. The first-order chi connectivity index (χ1) is 13.7. The fourth-order valence-electron chi connectivity index (χ4n) is 3.90. The van der Waals surface area contributed by atoms with Crippen LogP contribution in [0.5, 0.6) is 17.2 Å². The van der Waals surface area contributed by atoms with Crippen LogP contribution in [0.3, 0.4) is 0 Å². The first-order valence-corrected chi connectivity index (χ1v) is 10.3. The van der Waals surface area contributed by atoms with Crippen LogP contribution in [0.25, 0.3) is 0 Å². The van der Waals surface area contributed by atoms with Gasteiger partial charge in [0.1, 0.15) is 0 Å². The van der Waals surface area contributed by atoms with Crippen molar-refractivity contribution in [1.29, 1.82) is 0 Å². The number of carbonyl (C=O) groups excluding carboxylic acids is 1. The maximum atomic E-state index is 12.9. The zero-order valence-electron chi connectivity index (χ0n) is 18.5. The molecular weight excluding hydrogens is 366 g/mol. The van der Waals surface area contributed by atoms with Crippen molar-refractivity contribution < 1.29 is 19.0 Å². The third-order valence-corrected chi connectivity index (χ3v) is 5.70. The Kier molecular flexibility index (Phi) is 6.37. The highest BCUT2D eigenvalue weighted by Gasteiger charge is 2.34. The lowest BCUT2D eigenvalue weighted by molar-refractivity contribution is -0.115. The van der Waals surface area contributed by atoms with Crippen LogP contribution >= 0.6 is 0 Å². The number of benzene rings is 1. The Bertz CT molecular complexity index is 834. The number of ketones is 1. The first-order valence-electron chi connectivity index (χ1n) is 10.3.